The SMILES string of the molecule is CCCCCCCCCCC(=O)N1CCC[C@H]1C(=O)O. The molecule has 0 bridgehead atoms. The van der Waals surface area contributed by atoms with Crippen LogP contribution in [0.5, 0.6) is 0 Å². The Morgan fingerprint density at radius 2 is 1.65 bits per heavy atom. The van der Waals surface area contributed by atoms with Crippen molar-refractivity contribution >= 4 is 11.9 Å². The Kier molecular flexibility index (Phi) is 8.31. The summed E-state index contributed by atoms with van der Waals surface area (Å²) in [5.74, 6) is -0.826. The summed E-state index contributed by atoms with van der Waals surface area (Å²) >= 11 is 0. The van der Waals surface area contributed by atoms with Gasteiger partial charge in [0.25, 0.3) is 0 Å². The van der Waals surface area contributed by atoms with Crippen LogP contribution in [-0.2, 0) is 9.59 Å². The van der Waals surface area contributed by atoms with Crippen LogP contribution in [0.1, 0.15) is 77.6 Å². The molecule has 0 unspecified atom stereocenters. The van der Waals surface area contributed by atoms with Crippen LogP contribution in [-0.4, -0.2) is 34.5 Å². The molecule has 1 aliphatic rings. The first-order valence-corrected chi connectivity index (χ1v) is 8.19. The van der Waals surface area contributed by atoms with E-state index in [1.165, 1.54) is 38.5 Å². The molecule has 1 saturated heterocycles. The lowest BCUT2D eigenvalue weighted by Gasteiger charge is -2.21. The highest BCUT2D eigenvalue weighted by atomic mass is 16.4. The van der Waals surface area contributed by atoms with Crippen LogP contribution in [0.4, 0.5) is 0 Å². The molecule has 1 heterocycles. The predicted octanol–water partition coefficient (Wildman–Crippen LogP) is 3.59. The number of likely N-dealkylation sites (tertiary alicyclic amines) is 1. The molecular weight excluding hydrogens is 254 g/mol. The van der Waals surface area contributed by atoms with Gasteiger partial charge < -0.3 is 10.0 Å². The maximum absolute atomic E-state index is 12.0. The van der Waals surface area contributed by atoms with Crippen molar-refractivity contribution in [3.63, 3.8) is 0 Å². The van der Waals surface area contributed by atoms with Crippen LogP contribution < -0.4 is 0 Å². The summed E-state index contributed by atoms with van der Waals surface area (Å²) in [5.41, 5.74) is 0. The van der Waals surface area contributed by atoms with Crippen molar-refractivity contribution in [3.8, 4) is 0 Å². The van der Waals surface area contributed by atoms with E-state index in [0.29, 0.717) is 19.4 Å². The van der Waals surface area contributed by atoms with Gasteiger partial charge in [0.05, 0.1) is 0 Å². The molecule has 0 saturated carbocycles. The van der Waals surface area contributed by atoms with Crippen LogP contribution in [0.2, 0.25) is 0 Å². The van der Waals surface area contributed by atoms with E-state index in [2.05, 4.69) is 6.92 Å². The van der Waals surface area contributed by atoms with E-state index < -0.39 is 12.0 Å². The third-order valence-corrected chi connectivity index (χ3v) is 4.10. The molecule has 0 radical (unpaired) electrons. The molecule has 20 heavy (non-hydrogen) atoms. The lowest BCUT2D eigenvalue weighted by Crippen LogP contribution is -2.40. The number of unbranched alkanes of at least 4 members (excludes halogenated alkanes) is 7. The van der Waals surface area contributed by atoms with Gasteiger partial charge in [0.1, 0.15) is 6.04 Å². The van der Waals surface area contributed by atoms with Gasteiger partial charge in [-0.15, -0.1) is 0 Å². The summed E-state index contributed by atoms with van der Waals surface area (Å²) in [4.78, 5) is 24.6. The Morgan fingerprint density at radius 3 is 2.25 bits per heavy atom. The van der Waals surface area contributed by atoms with Crippen molar-refractivity contribution in [3.05, 3.63) is 0 Å². The number of carbonyl (C=O) groups is 2. The molecule has 0 spiro atoms. The fraction of sp³-hybridized carbons (Fsp3) is 0.875. The van der Waals surface area contributed by atoms with Crippen LogP contribution in [0.25, 0.3) is 0 Å². The van der Waals surface area contributed by atoms with Crippen molar-refractivity contribution in [1.82, 2.24) is 4.90 Å². The van der Waals surface area contributed by atoms with E-state index >= 15 is 0 Å². The van der Waals surface area contributed by atoms with E-state index in [1.54, 1.807) is 4.90 Å². The minimum Gasteiger partial charge on any atom is -0.480 e. The maximum Gasteiger partial charge on any atom is 0.326 e. The van der Waals surface area contributed by atoms with E-state index in [1.807, 2.05) is 0 Å². The number of hydrogen-bond donors (Lipinski definition) is 1. The van der Waals surface area contributed by atoms with Crippen LogP contribution in [0.3, 0.4) is 0 Å². The molecule has 4 heteroatoms. The summed E-state index contributed by atoms with van der Waals surface area (Å²) in [5, 5.41) is 9.05. The molecule has 116 valence electrons. The van der Waals surface area contributed by atoms with Crippen LogP contribution in [0, 0.1) is 0 Å². The normalized spacial score (nSPS) is 18.4. The molecule has 1 aliphatic heterocycles. The Bertz CT molecular complexity index is 304. The van der Waals surface area contributed by atoms with Gasteiger partial charge in [0.15, 0.2) is 0 Å². The van der Waals surface area contributed by atoms with Crippen molar-refractivity contribution in [2.24, 2.45) is 0 Å². The third kappa shape index (κ3) is 5.93. The predicted molar refractivity (Wildman–Crippen MR) is 79.6 cm³/mol. The summed E-state index contributed by atoms with van der Waals surface area (Å²) in [6.07, 6.45) is 11.6. The molecule has 1 rings (SSSR count). The average molecular weight is 283 g/mol. The quantitative estimate of drug-likeness (QED) is 0.623. The number of nitrogens with zero attached hydrogens (tertiary/aromatic N) is 1. The Hall–Kier alpha value is -1.06. The van der Waals surface area contributed by atoms with E-state index in [0.717, 1.165) is 19.3 Å². The molecule has 0 aromatic heterocycles. The van der Waals surface area contributed by atoms with Crippen LogP contribution in [0.15, 0.2) is 0 Å². The lowest BCUT2D eigenvalue weighted by molar-refractivity contribution is -0.148. The second-order valence-corrected chi connectivity index (χ2v) is 5.81. The zero-order valence-electron chi connectivity index (χ0n) is 12.8. The van der Waals surface area contributed by atoms with Gasteiger partial charge in [-0.25, -0.2) is 4.79 Å². The largest absolute Gasteiger partial charge is 0.480 e. The summed E-state index contributed by atoms with van der Waals surface area (Å²) in [6.45, 7) is 2.83. The van der Waals surface area contributed by atoms with Crippen molar-refractivity contribution in [2.45, 2.75) is 83.6 Å². The van der Waals surface area contributed by atoms with Gasteiger partial charge in [0.2, 0.25) is 5.91 Å². The third-order valence-electron chi connectivity index (χ3n) is 4.10. The van der Waals surface area contributed by atoms with Gasteiger partial charge in [-0.2, -0.15) is 0 Å². The molecule has 0 aliphatic carbocycles. The van der Waals surface area contributed by atoms with Gasteiger partial charge in [-0.1, -0.05) is 51.9 Å². The number of aliphatic carboxylic acids is 1. The Labute approximate surface area is 122 Å². The van der Waals surface area contributed by atoms with E-state index in [-0.39, 0.29) is 5.91 Å². The molecule has 1 N–H and O–H groups in total. The first-order valence-electron chi connectivity index (χ1n) is 8.19. The Morgan fingerprint density at radius 1 is 1.05 bits per heavy atom. The highest BCUT2D eigenvalue weighted by Crippen LogP contribution is 2.19. The highest BCUT2D eigenvalue weighted by Gasteiger charge is 2.33. The zero-order valence-corrected chi connectivity index (χ0v) is 12.8. The van der Waals surface area contributed by atoms with Crippen molar-refractivity contribution < 1.29 is 14.7 Å². The molecular formula is C16H29NO3. The molecule has 1 fully saturated rings. The topological polar surface area (TPSA) is 57.6 Å². The van der Waals surface area contributed by atoms with Crippen molar-refractivity contribution in [1.29, 1.82) is 0 Å². The highest BCUT2D eigenvalue weighted by molar-refractivity contribution is 5.84. The van der Waals surface area contributed by atoms with Crippen LogP contribution >= 0.6 is 0 Å². The van der Waals surface area contributed by atoms with Crippen molar-refractivity contribution in [2.75, 3.05) is 6.54 Å². The van der Waals surface area contributed by atoms with Gasteiger partial charge in [-0.3, -0.25) is 4.79 Å². The second-order valence-electron chi connectivity index (χ2n) is 5.81. The minimum absolute atomic E-state index is 0.0286. The number of hydrogen-bond acceptors (Lipinski definition) is 2. The van der Waals surface area contributed by atoms with Gasteiger partial charge in [0, 0.05) is 13.0 Å². The number of rotatable bonds is 10. The molecule has 0 aromatic carbocycles. The number of carbonyl (C=O) groups excluding carboxylic acids is 1. The molecule has 4 nitrogen and oxygen atoms in total. The van der Waals surface area contributed by atoms with Gasteiger partial charge >= 0.3 is 5.97 Å². The number of carboxylic acid groups (broad SMARTS) is 1. The van der Waals surface area contributed by atoms with E-state index in [9.17, 15) is 9.59 Å². The molecule has 1 amide bonds. The van der Waals surface area contributed by atoms with E-state index in [4.69, 9.17) is 5.11 Å². The smallest absolute Gasteiger partial charge is 0.326 e. The standard InChI is InChI=1S/C16H29NO3/c1-2-3-4-5-6-7-8-9-12-15(18)17-13-10-11-14(17)16(19)20/h14H,2-13H2,1H3,(H,19,20)/t14-/m0/s1. The summed E-state index contributed by atoms with van der Waals surface area (Å²) in [7, 11) is 0. The first-order chi connectivity index (χ1) is 9.66. The zero-order chi connectivity index (χ0) is 14.8. The minimum atomic E-state index is -0.855. The fourth-order valence-electron chi connectivity index (χ4n) is 2.88. The molecule has 0 aromatic rings. The number of carboxylic acids is 1. The lowest BCUT2D eigenvalue weighted by atomic mass is 10.1. The first kappa shape index (κ1) is 17.0. The fourth-order valence-corrected chi connectivity index (χ4v) is 2.88. The monoisotopic (exact) mass is 283 g/mol. The second kappa shape index (κ2) is 9.78. The summed E-state index contributed by atoms with van der Waals surface area (Å²) in [6, 6.07) is -0.573. The average Bonchev–Trinajstić information content (AvgIpc) is 2.91. The maximum atomic E-state index is 12.0. The molecule has 1 atom stereocenters. The van der Waals surface area contributed by atoms with Gasteiger partial charge in [-0.05, 0) is 19.3 Å². The number of amides is 1. The summed E-state index contributed by atoms with van der Waals surface area (Å²) < 4.78 is 0. The Balaban J connectivity index is 2.07.